The Morgan fingerprint density at radius 1 is 1.08 bits per heavy atom. The molecule has 2 N–H and O–H groups in total. The molecule has 0 radical (unpaired) electrons. The first-order chi connectivity index (χ1) is 10.9. The van der Waals surface area contributed by atoms with Gasteiger partial charge in [0.2, 0.25) is 11.8 Å². The van der Waals surface area contributed by atoms with E-state index >= 15 is 0 Å². The largest absolute Gasteiger partial charge is 0.339 e. The highest BCUT2D eigenvalue weighted by Gasteiger charge is 2.28. The summed E-state index contributed by atoms with van der Waals surface area (Å²) >= 11 is 5.85. The van der Waals surface area contributed by atoms with E-state index in [4.69, 9.17) is 17.3 Å². The zero-order valence-corrected chi connectivity index (χ0v) is 15.6. The fourth-order valence-corrected chi connectivity index (χ4v) is 2.70. The number of hydrogen-bond donors (Lipinski definition) is 1. The van der Waals surface area contributed by atoms with Gasteiger partial charge in [-0.1, -0.05) is 30.7 Å². The number of nitrogens with two attached hydrogens (primary N) is 1. The molecule has 5 nitrogen and oxygen atoms in total. The van der Waals surface area contributed by atoms with Gasteiger partial charge in [-0.25, -0.2) is 0 Å². The third-order valence-corrected chi connectivity index (χ3v) is 4.64. The average molecular weight is 374 g/mol. The standard InChI is InChI=1S/C17H24ClN3O2.ClH/c1-12(13(2)19)17(23)21-9-7-20(8-10-21)16(22)11-14-3-5-15(18)6-4-14;/h3-6,12-13H,7-11,19H2,1-2H3;1H. The number of piperazine rings is 1. The fraction of sp³-hybridized carbons (Fsp3) is 0.529. The summed E-state index contributed by atoms with van der Waals surface area (Å²) in [5.41, 5.74) is 6.74. The summed E-state index contributed by atoms with van der Waals surface area (Å²) in [5.74, 6) is -0.0317. The van der Waals surface area contributed by atoms with Gasteiger partial charge >= 0.3 is 0 Å². The molecule has 1 aromatic rings. The average Bonchev–Trinajstić information content (AvgIpc) is 2.55. The van der Waals surface area contributed by atoms with Crippen LogP contribution in [0.25, 0.3) is 0 Å². The van der Waals surface area contributed by atoms with Crippen LogP contribution < -0.4 is 5.73 Å². The minimum atomic E-state index is -0.189. The number of nitrogens with zero attached hydrogens (tertiary/aromatic N) is 2. The summed E-state index contributed by atoms with van der Waals surface area (Å²) in [7, 11) is 0. The Morgan fingerprint density at radius 2 is 1.58 bits per heavy atom. The van der Waals surface area contributed by atoms with Gasteiger partial charge in [0, 0.05) is 37.2 Å². The second-order valence-corrected chi connectivity index (χ2v) is 6.59. The monoisotopic (exact) mass is 373 g/mol. The normalized spacial score (nSPS) is 17.0. The number of benzene rings is 1. The smallest absolute Gasteiger partial charge is 0.227 e. The lowest BCUT2D eigenvalue weighted by Crippen LogP contribution is -2.53. The first-order valence-corrected chi connectivity index (χ1v) is 8.33. The Hall–Kier alpha value is -1.30. The van der Waals surface area contributed by atoms with Crippen molar-refractivity contribution < 1.29 is 9.59 Å². The summed E-state index contributed by atoms with van der Waals surface area (Å²) in [6.45, 7) is 5.98. The number of rotatable bonds is 4. The molecule has 1 heterocycles. The molecule has 0 bridgehead atoms. The van der Waals surface area contributed by atoms with E-state index in [0.717, 1.165) is 5.56 Å². The second-order valence-electron chi connectivity index (χ2n) is 6.16. The SMILES string of the molecule is CC(N)C(C)C(=O)N1CCN(C(=O)Cc2ccc(Cl)cc2)CC1.Cl. The zero-order chi connectivity index (χ0) is 17.0. The molecule has 0 aromatic heterocycles. The highest BCUT2D eigenvalue weighted by molar-refractivity contribution is 6.30. The molecule has 0 spiro atoms. The molecule has 1 fully saturated rings. The van der Waals surface area contributed by atoms with Gasteiger partial charge in [-0.2, -0.15) is 0 Å². The molecule has 0 aliphatic carbocycles. The van der Waals surface area contributed by atoms with Gasteiger partial charge in [-0.05, 0) is 24.6 Å². The van der Waals surface area contributed by atoms with Crippen LogP contribution in [0.1, 0.15) is 19.4 Å². The Balaban J connectivity index is 0.00000288. The Bertz CT molecular complexity index is 555. The minimum absolute atomic E-state index is 0. The van der Waals surface area contributed by atoms with Crippen LogP contribution in [-0.4, -0.2) is 53.8 Å². The van der Waals surface area contributed by atoms with Gasteiger partial charge in [0.25, 0.3) is 0 Å². The quantitative estimate of drug-likeness (QED) is 0.876. The van der Waals surface area contributed by atoms with E-state index in [1.165, 1.54) is 0 Å². The van der Waals surface area contributed by atoms with Gasteiger partial charge in [0.1, 0.15) is 0 Å². The van der Waals surface area contributed by atoms with Gasteiger partial charge in [0.15, 0.2) is 0 Å². The number of hydrogen-bond acceptors (Lipinski definition) is 3. The molecule has 2 atom stereocenters. The molecule has 24 heavy (non-hydrogen) atoms. The number of carbonyl (C=O) groups is 2. The maximum absolute atomic E-state index is 12.3. The molecule has 2 unspecified atom stereocenters. The maximum Gasteiger partial charge on any atom is 0.227 e. The maximum atomic E-state index is 12.3. The van der Waals surface area contributed by atoms with Crippen molar-refractivity contribution in [2.75, 3.05) is 26.2 Å². The minimum Gasteiger partial charge on any atom is -0.339 e. The predicted octanol–water partition coefficient (Wildman–Crippen LogP) is 1.96. The molecular formula is C17H25Cl2N3O2. The molecule has 1 aromatic carbocycles. The molecular weight excluding hydrogens is 349 g/mol. The molecule has 7 heteroatoms. The second kappa shape index (κ2) is 9.25. The topological polar surface area (TPSA) is 66.6 Å². The Labute approximate surface area is 154 Å². The van der Waals surface area contributed by atoms with Crippen molar-refractivity contribution >= 4 is 35.8 Å². The number of halogens is 2. The molecule has 0 saturated carbocycles. The third-order valence-electron chi connectivity index (χ3n) is 4.39. The lowest BCUT2D eigenvalue weighted by Gasteiger charge is -2.36. The zero-order valence-electron chi connectivity index (χ0n) is 14.1. The lowest BCUT2D eigenvalue weighted by molar-refractivity contribution is -0.141. The van der Waals surface area contributed by atoms with Crippen molar-refractivity contribution in [1.29, 1.82) is 0 Å². The van der Waals surface area contributed by atoms with E-state index in [0.29, 0.717) is 37.6 Å². The predicted molar refractivity (Wildman–Crippen MR) is 98.4 cm³/mol. The fourth-order valence-electron chi connectivity index (χ4n) is 2.58. The van der Waals surface area contributed by atoms with Crippen molar-refractivity contribution in [3.8, 4) is 0 Å². The van der Waals surface area contributed by atoms with E-state index in [1.54, 1.807) is 17.0 Å². The Kier molecular flexibility index (Phi) is 8.00. The van der Waals surface area contributed by atoms with Crippen molar-refractivity contribution in [2.24, 2.45) is 11.7 Å². The van der Waals surface area contributed by atoms with Gasteiger partial charge in [-0.15, -0.1) is 12.4 Å². The summed E-state index contributed by atoms with van der Waals surface area (Å²) in [6, 6.07) is 7.15. The van der Waals surface area contributed by atoms with Crippen molar-refractivity contribution in [3.05, 3.63) is 34.9 Å². The van der Waals surface area contributed by atoms with E-state index in [-0.39, 0.29) is 36.2 Å². The van der Waals surface area contributed by atoms with E-state index in [2.05, 4.69) is 0 Å². The van der Waals surface area contributed by atoms with Crippen LogP contribution in [0.4, 0.5) is 0 Å². The number of amides is 2. The summed E-state index contributed by atoms with van der Waals surface area (Å²) in [5, 5.41) is 0.663. The van der Waals surface area contributed by atoms with E-state index in [1.807, 2.05) is 30.9 Å². The van der Waals surface area contributed by atoms with Crippen LogP contribution >= 0.6 is 24.0 Å². The lowest BCUT2D eigenvalue weighted by atomic mass is 10.0. The van der Waals surface area contributed by atoms with E-state index < -0.39 is 0 Å². The first kappa shape index (κ1) is 20.7. The molecule has 2 rings (SSSR count). The highest BCUT2D eigenvalue weighted by Crippen LogP contribution is 2.13. The van der Waals surface area contributed by atoms with Gasteiger partial charge in [0.05, 0.1) is 12.3 Å². The molecule has 2 amide bonds. The highest BCUT2D eigenvalue weighted by atomic mass is 35.5. The molecule has 134 valence electrons. The molecule has 1 aliphatic rings. The van der Waals surface area contributed by atoms with Crippen LogP contribution in [0.5, 0.6) is 0 Å². The third kappa shape index (κ3) is 5.36. The van der Waals surface area contributed by atoms with Crippen LogP contribution in [-0.2, 0) is 16.0 Å². The van der Waals surface area contributed by atoms with Gasteiger partial charge in [-0.3, -0.25) is 9.59 Å². The summed E-state index contributed by atoms with van der Waals surface area (Å²) in [6.07, 6.45) is 0.362. The molecule has 1 aliphatic heterocycles. The number of carbonyl (C=O) groups excluding carboxylic acids is 2. The van der Waals surface area contributed by atoms with Crippen molar-refractivity contribution in [1.82, 2.24) is 9.80 Å². The van der Waals surface area contributed by atoms with Gasteiger partial charge < -0.3 is 15.5 Å². The summed E-state index contributed by atoms with van der Waals surface area (Å²) in [4.78, 5) is 28.2. The summed E-state index contributed by atoms with van der Waals surface area (Å²) < 4.78 is 0. The van der Waals surface area contributed by atoms with Crippen LogP contribution in [0.15, 0.2) is 24.3 Å². The van der Waals surface area contributed by atoms with Crippen molar-refractivity contribution in [3.63, 3.8) is 0 Å². The molecule has 1 saturated heterocycles. The first-order valence-electron chi connectivity index (χ1n) is 7.95. The Morgan fingerprint density at radius 3 is 2.08 bits per heavy atom. The van der Waals surface area contributed by atoms with E-state index in [9.17, 15) is 9.59 Å². The van der Waals surface area contributed by atoms with Crippen LogP contribution in [0, 0.1) is 5.92 Å². The van der Waals surface area contributed by atoms with Crippen LogP contribution in [0.3, 0.4) is 0 Å². The van der Waals surface area contributed by atoms with Crippen molar-refractivity contribution in [2.45, 2.75) is 26.3 Å². The van der Waals surface area contributed by atoms with Crippen LogP contribution in [0.2, 0.25) is 5.02 Å².